The predicted octanol–water partition coefficient (Wildman–Crippen LogP) is 7.99. The molecule has 0 saturated heterocycles. The van der Waals surface area contributed by atoms with Gasteiger partial charge in [-0.25, -0.2) is 0 Å². The molecule has 0 aliphatic rings. The minimum absolute atomic E-state index is 0.291. The van der Waals surface area contributed by atoms with Crippen molar-refractivity contribution < 1.29 is 0 Å². The Kier molecular flexibility index (Phi) is 3.87. The van der Waals surface area contributed by atoms with E-state index in [1.165, 1.54) is 59.8 Å². The molecule has 0 aliphatic carbocycles. The zero-order valence-electron chi connectivity index (χ0n) is 17.9. The molecule has 6 rings (SSSR count). The van der Waals surface area contributed by atoms with Gasteiger partial charge in [0.25, 0.3) is 0 Å². The molecule has 150 valence electrons. The Hall–Kier alpha value is -3.42. The Morgan fingerprint density at radius 2 is 1.16 bits per heavy atom. The van der Waals surface area contributed by atoms with Gasteiger partial charge in [-0.15, -0.1) is 0 Å². The highest BCUT2D eigenvalue weighted by atomic mass is 14.7. The van der Waals surface area contributed by atoms with Crippen molar-refractivity contribution in [3.8, 4) is 11.1 Å². The fourth-order valence-corrected chi connectivity index (χ4v) is 5.13. The molecule has 1 nitrogen and oxygen atoms in total. The van der Waals surface area contributed by atoms with E-state index in [0.29, 0.717) is 0 Å². The van der Waals surface area contributed by atoms with Crippen LogP contribution in [0.25, 0.3) is 54.2 Å². The smallest absolute Gasteiger partial charge is 0.0378 e. The molecule has 0 spiro atoms. The van der Waals surface area contributed by atoms with E-state index >= 15 is 0 Å². The summed E-state index contributed by atoms with van der Waals surface area (Å²) in [6, 6.07) is 33.4. The van der Waals surface area contributed by atoms with Gasteiger partial charge in [-0.05, 0) is 73.1 Å². The molecule has 1 unspecified atom stereocenters. The van der Waals surface area contributed by atoms with Crippen LogP contribution in [0.2, 0.25) is 0 Å². The highest BCUT2D eigenvalue weighted by Gasteiger charge is 2.19. The summed E-state index contributed by atoms with van der Waals surface area (Å²) < 4.78 is 0. The summed E-state index contributed by atoms with van der Waals surface area (Å²) in [7, 11) is 0. The first-order valence-electron chi connectivity index (χ1n) is 11.1. The van der Waals surface area contributed by atoms with Crippen LogP contribution in [0.15, 0.2) is 91.0 Å². The number of hydrogen-bond donors (Lipinski definition) is 1. The normalized spacial score (nSPS) is 14.0. The summed E-state index contributed by atoms with van der Waals surface area (Å²) in [6.45, 7) is 4.24. The van der Waals surface area contributed by atoms with Crippen molar-refractivity contribution in [3.05, 3.63) is 96.6 Å². The SMILES string of the molecule is CCC(C)(N)c1ccc(-c2ccc3c4cccc5cccc(c6cccc2c63)c54)cc1. The van der Waals surface area contributed by atoms with Crippen LogP contribution in [0, 0.1) is 0 Å². The van der Waals surface area contributed by atoms with Crippen molar-refractivity contribution in [2.75, 3.05) is 0 Å². The van der Waals surface area contributed by atoms with Gasteiger partial charge in [-0.2, -0.15) is 0 Å². The number of hydrogen-bond acceptors (Lipinski definition) is 1. The molecule has 0 heterocycles. The van der Waals surface area contributed by atoms with Crippen LogP contribution in [-0.2, 0) is 5.54 Å². The average molecular weight is 400 g/mol. The molecule has 0 fully saturated rings. The minimum atomic E-state index is -0.291. The number of nitrogens with two attached hydrogens (primary N) is 1. The molecule has 0 aromatic heterocycles. The molecular formula is C30H25N. The lowest BCUT2D eigenvalue weighted by Crippen LogP contribution is -2.31. The highest BCUT2D eigenvalue weighted by Crippen LogP contribution is 2.43. The van der Waals surface area contributed by atoms with Crippen molar-refractivity contribution in [1.82, 2.24) is 0 Å². The van der Waals surface area contributed by atoms with Gasteiger partial charge in [-0.1, -0.05) is 97.9 Å². The maximum absolute atomic E-state index is 6.46. The molecule has 0 aliphatic heterocycles. The first-order chi connectivity index (χ1) is 15.1. The quantitative estimate of drug-likeness (QED) is 0.237. The van der Waals surface area contributed by atoms with Crippen molar-refractivity contribution in [3.63, 3.8) is 0 Å². The average Bonchev–Trinajstić information content (AvgIpc) is 2.82. The number of fused-ring (bicyclic) bond motifs is 2. The third-order valence-electron chi connectivity index (χ3n) is 7.12. The van der Waals surface area contributed by atoms with Crippen LogP contribution in [0.5, 0.6) is 0 Å². The van der Waals surface area contributed by atoms with E-state index in [2.05, 4.69) is 105 Å². The lowest BCUT2D eigenvalue weighted by Gasteiger charge is -2.23. The molecule has 0 bridgehead atoms. The van der Waals surface area contributed by atoms with Crippen LogP contribution in [-0.4, -0.2) is 0 Å². The second-order valence-electron chi connectivity index (χ2n) is 8.95. The van der Waals surface area contributed by atoms with Crippen LogP contribution >= 0.6 is 0 Å². The van der Waals surface area contributed by atoms with E-state index in [-0.39, 0.29) is 5.54 Å². The molecule has 6 aromatic rings. The van der Waals surface area contributed by atoms with Gasteiger partial charge in [0.15, 0.2) is 0 Å². The third-order valence-corrected chi connectivity index (χ3v) is 7.12. The third kappa shape index (κ3) is 2.60. The fraction of sp³-hybridized carbons (Fsp3) is 0.133. The fourth-order valence-electron chi connectivity index (χ4n) is 5.13. The van der Waals surface area contributed by atoms with Crippen LogP contribution < -0.4 is 5.73 Å². The lowest BCUT2D eigenvalue weighted by molar-refractivity contribution is 0.476. The second kappa shape index (κ2) is 6.54. The van der Waals surface area contributed by atoms with E-state index < -0.39 is 0 Å². The molecule has 0 amide bonds. The Morgan fingerprint density at radius 3 is 1.81 bits per heavy atom. The Labute approximate surface area is 182 Å². The van der Waals surface area contributed by atoms with E-state index in [4.69, 9.17) is 5.73 Å². The molecule has 1 atom stereocenters. The predicted molar refractivity (Wildman–Crippen MR) is 135 cm³/mol. The Morgan fingerprint density at radius 1 is 0.613 bits per heavy atom. The van der Waals surface area contributed by atoms with E-state index in [9.17, 15) is 0 Å². The zero-order valence-corrected chi connectivity index (χ0v) is 17.9. The van der Waals surface area contributed by atoms with Gasteiger partial charge in [-0.3, -0.25) is 0 Å². The van der Waals surface area contributed by atoms with Crippen LogP contribution in [0.3, 0.4) is 0 Å². The summed E-state index contributed by atoms with van der Waals surface area (Å²) >= 11 is 0. The Balaban J connectivity index is 1.67. The molecule has 0 radical (unpaired) electrons. The maximum atomic E-state index is 6.46. The molecular weight excluding hydrogens is 374 g/mol. The topological polar surface area (TPSA) is 26.0 Å². The van der Waals surface area contributed by atoms with E-state index in [1.807, 2.05) is 0 Å². The minimum Gasteiger partial charge on any atom is -0.322 e. The maximum Gasteiger partial charge on any atom is 0.0378 e. The first-order valence-corrected chi connectivity index (χ1v) is 11.1. The largest absolute Gasteiger partial charge is 0.322 e. The first kappa shape index (κ1) is 18.4. The summed E-state index contributed by atoms with van der Waals surface area (Å²) in [6.07, 6.45) is 0.915. The number of benzene rings is 6. The summed E-state index contributed by atoms with van der Waals surface area (Å²) in [5.41, 5.74) is 9.86. The summed E-state index contributed by atoms with van der Waals surface area (Å²) in [4.78, 5) is 0. The van der Waals surface area contributed by atoms with Crippen molar-refractivity contribution in [2.24, 2.45) is 5.73 Å². The van der Waals surface area contributed by atoms with Crippen molar-refractivity contribution >= 4 is 43.1 Å². The van der Waals surface area contributed by atoms with Crippen LogP contribution in [0.1, 0.15) is 25.8 Å². The molecule has 1 heteroatoms. The van der Waals surface area contributed by atoms with Gasteiger partial charge < -0.3 is 5.73 Å². The molecule has 0 saturated carbocycles. The van der Waals surface area contributed by atoms with E-state index in [1.54, 1.807) is 0 Å². The van der Waals surface area contributed by atoms with Gasteiger partial charge >= 0.3 is 0 Å². The van der Waals surface area contributed by atoms with Gasteiger partial charge in [0.05, 0.1) is 0 Å². The molecule has 2 N–H and O–H groups in total. The lowest BCUT2D eigenvalue weighted by atomic mass is 9.86. The standard InChI is InChI=1S/C30H25N/c1-3-30(2,31)21-15-13-19(14-16-21)22-17-18-27-25-10-5-8-20-7-4-9-24(28(20)25)26-12-6-11-23(22)29(26)27/h4-18H,3,31H2,1-2H3. The van der Waals surface area contributed by atoms with Crippen LogP contribution in [0.4, 0.5) is 0 Å². The van der Waals surface area contributed by atoms with Crippen molar-refractivity contribution in [2.45, 2.75) is 25.8 Å². The zero-order chi connectivity index (χ0) is 21.2. The molecule has 31 heavy (non-hydrogen) atoms. The summed E-state index contributed by atoms with van der Waals surface area (Å²) in [5.74, 6) is 0. The second-order valence-corrected chi connectivity index (χ2v) is 8.95. The molecule has 6 aromatic carbocycles. The van der Waals surface area contributed by atoms with E-state index in [0.717, 1.165) is 6.42 Å². The highest BCUT2D eigenvalue weighted by molar-refractivity contribution is 6.34. The van der Waals surface area contributed by atoms with Crippen molar-refractivity contribution in [1.29, 1.82) is 0 Å². The van der Waals surface area contributed by atoms with Gasteiger partial charge in [0.2, 0.25) is 0 Å². The Bertz CT molecular complexity index is 1520. The van der Waals surface area contributed by atoms with Gasteiger partial charge in [0, 0.05) is 5.54 Å². The number of rotatable bonds is 3. The van der Waals surface area contributed by atoms with Gasteiger partial charge in [0.1, 0.15) is 0 Å². The monoisotopic (exact) mass is 399 g/mol. The summed E-state index contributed by atoms with van der Waals surface area (Å²) in [5, 5.41) is 10.7.